The van der Waals surface area contributed by atoms with Gasteiger partial charge >= 0.3 is 0 Å². The first-order valence-electron chi connectivity index (χ1n) is 13.4. The van der Waals surface area contributed by atoms with Crippen molar-refractivity contribution in [3.8, 4) is 28.2 Å². The molecule has 2 heterocycles. The molecular formula is C34H33N3S. The Morgan fingerprint density at radius 2 is 1.45 bits per heavy atom. The van der Waals surface area contributed by atoms with Crippen LogP contribution in [0.4, 0.5) is 0 Å². The Bertz CT molecular complexity index is 1770. The third-order valence-corrected chi connectivity index (χ3v) is 8.75. The van der Waals surface area contributed by atoms with Crippen LogP contribution in [0.25, 0.3) is 48.4 Å². The summed E-state index contributed by atoms with van der Waals surface area (Å²) in [6, 6.07) is 30.9. The molecular weight excluding hydrogens is 482 g/mol. The van der Waals surface area contributed by atoms with Gasteiger partial charge in [0.25, 0.3) is 0 Å². The zero-order valence-electron chi connectivity index (χ0n) is 22.7. The van der Waals surface area contributed by atoms with E-state index in [4.69, 9.17) is 10.2 Å². The highest BCUT2D eigenvalue weighted by molar-refractivity contribution is 7.25. The molecule has 0 atom stereocenters. The standard InChI is InChI=1S/C34H33N3S/c1-6-19-34(4,5)33-36-35-32(26-16-18-31-28(21-26)27-9-7-8-10-30(27)38-31)37(33)29-17-15-25(20-23(29)3)24-13-11-22(2)12-14-24/h7-18,20-21H,6,19H2,1-5H3. The third kappa shape index (κ3) is 4.23. The summed E-state index contributed by atoms with van der Waals surface area (Å²) >= 11 is 1.84. The number of hydrogen-bond donors (Lipinski definition) is 0. The van der Waals surface area contributed by atoms with Gasteiger partial charge in [-0.2, -0.15) is 0 Å². The van der Waals surface area contributed by atoms with Crippen molar-refractivity contribution >= 4 is 31.5 Å². The van der Waals surface area contributed by atoms with Crippen LogP contribution in [0, 0.1) is 13.8 Å². The predicted octanol–water partition coefficient (Wildman–Crippen LogP) is 9.66. The minimum Gasteiger partial charge on any atom is -0.278 e. The van der Waals surface area contributed by atoms with E-state index in [-0.39, 0.29) is 5.41 Å². The molecule has 0 spiro atoms. The lowest BCUT2D eigenvalue weighted by molar-refractivity contribution is 0.437. The highest BCUT2D eigenvalue weighted by atomic mass is 32.1. The van der Waals surface area contributed by atoms with Gasteiger partial charge < -0.3 is 0 Å². The van der Waals surface area contributed by atoms with Crippen molar-refractivity contribution in [3.05, 3.63) is 102 Å². The molecule has 190 valence electrons. The second-order valence-corrected chi connectivity index (χ2v) is 12.1. The monoisotopic (exact) mass is 515 g/mol. The first kappa shape index (κ1) is 24.6. The van der Waals surface area contributed by atoms with E-state index in [1.165, 1.54) is 42.4 Å². The van der Waals surface area contributed by atoms with Crippen LogP contribution in [-0.4, -0.2) is 14.8 Å². The van der Waals surface area contributed by atoms with E-state index >= 15 is 0 Å². The van der Waals surface area contributed by atoms with Crippen LogP contribution in [0.1, 0.15) is 50.6 Å². The number of nitrogens with zero attached hydrogens (tertiary/aromatic N) is 3. The second kappa shape index (κ2) is 9.52. The fourth-order valence-electron chi connectivity index (χ4n) is 5.57. The summed E-state index contributed by atoms with van der Waals surface area (Å²) in [4.78, 5) is 0. The molecule has 0 aliphatic heterocycles. The van der Waals surface area contributed by atoms with E-state index in [2.05, 4.69) is 124 Å². The molecule has 0 amide bonds. The van der Waals surface area contributed by atoms with E-state index in [9.17, 15) is 0 Å². The largest absolute Gasteiger partial charge is 0.278 e. The molecule has 0 N–H and O–H groups in total. The van der Waals surface area contributed by atoms with E-state index in [1.54, 1.807) is 0 Å². The maximum atomic E-state index is 4.84. The molecule has 38 heavy (non-hydrogen) atoms. The Kier molecular flexibility index (Phi) is 6.16. The van der Waals surface area contributed by atoms with Crippen molar-refractivity contribution in [1.29, 1.82) is 0 Å². The van der Waals surface area contributed by atoms with Crippen LogP contribution < -0.4 is 0 Å². The number of aromatic nitrogens is 3. The summed E-state index contributed by atoms with van der Waals surface area (Å²) in [6.45, 7) is 11.1. The van der Waals surface area contributed by atoms with E-state index < -0.39 is 0 Å². The number of benzene rings is 4. The lowest BCUT2D eigenvalue weighted by Gasteiger charge is -2.25. The number of thiophene rings is 1. The fraction of sp³-hybridized carbons (Fsp3) is 0.235. The maximum Gasteiger partial charge on any atom is 0.168 e. The van der Waals surface area contributed by atoms with Gasteiger partial charge in [0.15, 0.2) is 5.82 Å². The summed E-state index contributed by atoms with van der Waals surface area (Å²) in [7, 11) is 0. The molecule has 0 saturated heterocycles. The van der Waals surface area contributed by atoms with Crippen LogP contribution in [-0.2, 0) is 5.41 Å². The summed E-state index contributed by atoms with van der Waals surface area (Å²) in [5, 5.41) is 12.2. The molecule has 0 radical (unpaired) electrons. The average Bonchev–Trinajstić information content (AvgIpc) is 3.51. The van der Waals surface area contributed by atoms with Gasteiger partial charge in [0.2, 0.25) is 0 Å². The number of aryl methyl sites for hydroxylation is 2. The van der Waals surface area contributed by atoms with Gasteiger partial charge in [-0.15, -0.1) is 21.5 Å². The first-order chi connectivity index (χ1) is 18.4. The Hall–Kier alpha value is -3.76. The molecule has 0 unspecified atom stereocenters. The van der Waals surface area contributed by atoms with Crippen LogP contribution in [0.3, 0.4) is 0 Å². The smallest absolute Gasteiger partial charge is 0.168 e. The second-order valence-electron chi connectivity index (χ2n) is 11.0. The topological polar surface area (TPSA) is 30.7 Å². The van der Waals surface area contributed by atoms with Crippen molar-refractivity contribution in [2.24, 2.45) is 0 Å². The van der Waals surface area contributed by atoms with Gasteiger partial charge in [-0.05, 0) is 73.4 Å². The summed E-state index contributed by atoms with van der Waals surface area (Å²) in [5.74, 6) is 1.91. The predicted molar refractivity (Wildman–Crippen MR) is 163 cm³/mol. The highest BCUT2D eigenvalue weighted by Crippen LogP contribution is 2.38. The minimum absolute atomic E-state index is 0.110. The lowest BCUT2D eigenvalue weighted by atomic mass is 9.86. The molecule has 2 aromatic heterocycles. The van der Waals surface area contributed by atoms with Gasteiger partial charge in [-0.3, -0.25) is 4.57 Å². The van der Waals surface area contributed by atoms with Gasteiger partial charge in [-0.1, -0.05) is 81.3 Å². The third-order valence-electron chi connectivity index (χ3n) is 7.60. The van der Waals surface area contributed by atoms with Crippen molar-refractivity contribution in [2.75, 3.05) is 0 Å². The SMILES string of the molecule is CCCC(C)(C)c1nnc(-c2ccc3sc4ccccc4c3c2)n1-c1ccc(-c2ccc(C)cc2)cc1C. The molecule has 0 saturated carbocycles. The lowest BCUT2D eigenvalue weighted by Crippen LogP contribution is -2.23. The zero-order chi connectivity index (χ0) is 26.4. The van der Waals surface area contributed by atoms with Crippen LogP contribution in [0.2, 0.25) is 0 Å². The van der Waals surface area contributed by atoms with Crippen LogP contribution in [0.5, 0.6) is 0 Å². The number of fused-ring (bicyclic) bond motifs is 3. The van der Waals surface area contributed by atoms with E-state index in [0.29, 0.717) is 0 Å². The molecule has 3 nitrogen and oxygen atoms in total. The Morgan fingerprint density at radius 1 is 0.737 bits per heavy atom. The fourth-order valence-corrected chi connectivity index (χ4v) is 6.66. The van der Waals surface area contributed by atoms with E-state index in [0.717, 1.165) is 35.7 Å². The molecule has 0 bridgehead atoms. The Balaban J connectivity index is 1.54. The van der Waals surface area contributed by atoms with Crippen molar-refractivity contribution in [3.63, 3.8) is 0 Å². The van der Waals surface area contributed by atoms with Gasteiger partial charge in [0, 0.05) is 31.2 Å². The molecule has 6 aromatic rings. The van der Waals surface area contributed by atoms with Gasteiger partial charge in [0.1, 0.15) is 5.82 Å². The minimum atomic E-state index is -0.110. The average molecular weight is 516 g/mol. The molecule has 0 fully saturated rings. The molecule has 0 aliphatic carbocycles. The van der Waals surface area contributed by atoms with Gasteiger partial charge in [-0.25, -0.2) is 0 Å². The summed E-state index contributed by atoms with van der Waals surface area (Å²) in [5.41, 5.74) is 7.05. The highest BCUT2D eigenvalue weighted by Gasteiger charge is 2.29. The van der Waals surface area contributed by atoms with Crippen LogP contribution in [0.15, 0.2) is 84.9 Å². The quantitative estimate of drug-likeness (QED) is 0.221. The Morgan fingerprint density at radius 3 is 2.21 bits per heavy atom. The first-order valence-corrected chi connectivity index (χ1v) is 14.2. The zero-order valence-corrected chi connectivity index (χ0v) is 23.6. The molecule has 6 rings (SSSR count). The van der Waals surface area contributed by atoms with Crippen molar-refractivity contribution < 1.29 is 0 Å². The maximum absolute atomic E-state index is 4.84. The summed E-state index contributed by atoms with van der Waals surface area (Å²) in [6.07, 6.45) is 2.13. The van der Waals surface area contributed by atoms with Crippen molar-refractivity contribution in [2.45, 2.75) is 52.9 Å². The Labute approximate surface area is 228 Å². The van der Waals surface area contributed by atoms with Crippen molar-refractivity contribution in [1.82, 2.24) is 14.8 Å². The normalized spacial score (nSPS) is 12.0. The molecule has 4 heteroatoms. The number of rotatable bonds is 6. The molecule has 4 aromatic carbocycles. The van der Waals surface area contributed by atoms with Crippen LogP contribution >= 0.6 is 11.3 Å². The number of hydrogen-bond acceptors (Lipinski definition) is 3. The molecule has 0 aliphatic rings. The van der Waals surface area contributed by atoms with E-state index in [1.807, 2.05) is 11.3 Å². The summed E-state index contributed by atoms with van der Waals surface area (Å²) < 4.78 is 4.92. The van der Waals surface area contributed by atoms with Gasteiger partial charge in [0.05, 0.1) is 5.69 Å².